The highest BCUT2D eigenvalue weighted by Crippen LogP contribution is 2.21. The van der Waals surface area contributed by atoms with Gasteiger partial charge in [0.15, 0.2) is 0 Å². The lowest BCUT2D eigenvalue weighted by Crippen LogP contribution is -2.44. The molecule has 0 aliphatic carbocycles. The van der Waals surface area contributed by atoms with Crippen molar-refractivity contribution in [2.24, 2.45) is 5.73 Å². The maximum Gasteiger partial charge on any atom is 0.330 e. The topological polar surface area (TPSA) is 127 Å². The van der Waals surface area contributed by atoms with E-state index in [1.807, 2.05) is 10.9 Å². The molecule has 8 nitrogen and oxygen atoms in total. The van der Waals surface area contributed by atoms with Gasteiger partial charge in [-0.2, -0.15) is 0 Å². The van der Waals surface area contributed by atoms with Gasteiger partial charge in [-0.1, -0.05) is 12.1 Å². The van der Waals surface area contributed by atoms with Crippen molar-refractivity contribution in [3.63, 3.8) is 0 Å². The van der Waals surface area contributed by atoms with Crippen LogP contribution in [0.4, 0.5) is 10.5 Å². The number of amides is 3. The average Bonchev–Trinajstić information content (AvgIpc) is 2.25. The number of urea groups is 1. The van der Waals surface area contributed by atoms with Gasteiger partial charge < -0.3 is 5.73 Å². The molecule has 0 saturated heterocycles. The zero-order valence-corrected chi connectivity index (χ0v) is 8.89. The van der Waals surface area contributed by atoms with Crippen LogP contribution >= 0.6 is 0 Å². The number of nitro groups is 1. The summed E-state index contributed by atoms with van der Waals surface area (Å²) in [4.78, 5) is 32.1. The van der Waals surface area contributed by atoms with Gasteiger partial charge in [0.2, 0.25) is 0 Å². The highest BCUT2D eigenvalue weighted by atomic mass is 16.6. The van der Waals surface area contributed by atoms with Gasteiger partial charge in [-0.15, -0.1) is 0 Å². The Bertz CT molecular complexity index is 486. The minimum atomic E-state index is -0.963. The Morgan fingerprint density at radius 3 is 2.53 bits per heavy atom. The zero-order valence-electron chi connectivity index (χ0n) is 8.89. The lowest BCUT2D eigenvalue weighted by atomic mass is 10.1. The molecule has 0 fully saturated rings. The number of hydrogen-bond donors (Lipinski definition) is 3. The van der Waals surface area contributed by atoms with Crippen LogP contribution in [0, 0.1) is 17.0 Å². The number of carbonyl (C=O) groups is 2. The smallest absolute Gasteiger partial charge is 0.330 e. The molecule has 1 aromatic carbocycles. The maximum atomic E-state index is 11.6. The minimum absolute atomic E-state index is 0.119. The third kappa shape index (κ3) is 2.91. The zero-order chi connectivity index (χ0) is 13.0. The summed E-state index contributed by atoms with van der Waals surface area (Å²) in [5.41, 5.74) is 8.54. The standard InChI is InChI=1S/C9H10N4O4/c1-5-3-2-4-6(13(16)17)7(5)8(14)11-12-9(10)15/h2-4H,1H3,(H,11,14)(H3,10,12,15). The van der Waals surface area contributed by atoms with E-state index in [0.29, 0.717) is 5.56 Å². The molecule has 1 aromatic rings. The number of nitrogens with two attached hydrogens (primary N) is 1. The molecule has 0 radical (unpaired) electrons. The van der Waals surface area contributed by atoms with E-state index in [9.17, 15) is 19.7 Å². The second-order valence-electron chi connectivity index (χ2n) is 3.17. The third-order valence-electron chi connectivity index (χ3n) is 1.97. The van der Waals surface area contributed by atoms with Crippen molar-refractivity contribution in [2.75, 3.05) is 0 Å². The van der Waals surface area contributed by atoms with Crippen molar-refractivity contribution in [3.05, 3.63) is 39.4 Å². The number of aryl methyl sites for hydroxylation is 1. The van der Waals surface area contributed by atoms with Crippen LogP contribution in [0.5, 0.6) is 0 Å². The van der Waals surface area contributed by atoms with E-state index in [2.05, 4.69) is 0 Å². The molecule has 1 rings (SSSR count). The number of primary amides is 1. The van der Waals surface area contributed by atoms with Gasteiger partial charge in [0, 0.05) is 6.07 Å². The van der Waals surface area contributed by atoms with Crippen molar-refractivity contribution in [3.8, 4) is 0 Å². The highest BCUT2D eigenvalue weighted by Gasteiger charge is 2.22. The van der Waals surface area contributed by atoms with E-state index in [1.54, 1.807) is 13.0 Å². The first kappa shape index (κ1) is 12.4. The van der Waals surface area contributed by atoms with Crippen molar-refractivity contribution < 1.29 is 14.5 Å². The van der Waals surface area contributed by atoms with E-state index in [-0.39, 0.29) is 11.3 Å². The maximum absolute atomic E-state index is 11.6. The summed E-state index contributed by atoms with van der Waals surface area (Å²) in [6, 6.07) is 3.25. The summed E-state index contributed by atoms with van der Waals surface area (Å²) in [6.45, 7) is 1.55. The molecule has 0 heterocycles. The predicted molar refractivity (Wildman–Crippen MR) is 58.0 cm³/mol. The number of benzene rings is 1. The number of rotatable bonds is 2. The minimum Gasteiger partial charge on any atom is -0.350 e. The largest absolute Gasteiger partial charge is 0.350 e. The molecular formula is C9H10N4O4. The van der Waals surface area contributed by atoms with Crippen LogP contribution in [0.15, 0.2) is 18.2 Å². The molecule has 17 heavy (non-hydrogen) atoms. The van der Waals surface area contributed by atoms with Crippen LogP contribution in [0.1, 0.15) is 15.9 Å². The molecule has 0 aliphatic rings. The van der Waals surface area contributed by atoms with E-state index < -0.39 is 16.9 Å². The summed E-state index contributed by atoms with van der Waals surface area (Å²) >= 11 is 0. The van der Waals surface area contributed by atoms with Crippen LogP contribution in [0.25, 0.3) is 0 Å². The summed E-state index contributed by atoms with van der Waals surface area (Å²) in [7, 11) is 0. The molecule has 8 heteroatoms. The number of carbonyl (C=O) groups excluding carboxylic acids is 2. The third-order valence-corrected chi connectivity index (χ3v) is 1.97. The Morgan fingerprint density at radius 1 is 1.35 bits per heavy atom. The van der Waals surface area contributed by atoms with Gasteiger partial charge in [-0.05, 0) is 12.5 Å². The first-order valence-corrected chi connectivity index (χ1v) is 4.53. The Balaban J connectivity index is 3.07. The molecule has 90 valence electrons. The molecule has 4 N–H and O–H groups in total. The molecule has 0 bridgehead atoms. The molecule has 0 aliphatic heterocycles. The van der Waals surface area contributed by atoms with E-state index in [4.69, 9.17) is 5.73 Å². The van der Waals surface area contributed by atoms with Crippen LogP contribution < -0.4 is 16.6 Å². The van der Waals surface area contributed by atoms with Crippen molar-refractivity contribution in [2.45, 2.75) is 6.92 Å². The molecule has 0 aromatic heterocycles. The Hall–Kier alpha value is -2.64. The quantitative estimate of drug-likeness (QED) is 0.502. The fourth-order valence-corrected chi connectivity index (χ4v) is 1.28. The highest BCUT2D eigenvalue weighted by molar-refractivity contribution is 6.00. The Labute approximate surface area is 95.9 Å². The molecular weight excluding hydrogens is 228 g/mol. The number of nitrogens with one attached hydrogen (secondary N) is 2. The van der Waals surface area contributed by atoms with E-state index in [1.165, 1.54) is 12.1 Å². The average molecular weight is 238 g/mol. The number of hydrazine groups is 1. The second-order valence-corrected chi connectivity index (χ2v) is 3.17. The summed E-state index contributed by atoms with van der Waals surface area (Å²) in [5.74, 6) is -0.798. The van der Waals surface area contributed by atoms with Crippen LogP contribution in [-0.2, 0) is 0 Å². The fraction of sp³-hybridized carbons (Fsp3) is 0.111. The van der Waals surface area contributed by atoms with Crippen molar-refractivity contribution >= 4 is 17.6 Å². The molecule has 0 saturated carbocycles. The summed E-state index contributed by atoms with van der Waals surface area (Å²) < 4.78 is 0. The number of nitrogens with zero attached hydrogens (tertiary/aromatic N) is 1. The molecule has 0 unspecified atom stereocenters. The first-order valence-electron chi connectivity index (χ1n) is 4.53. The second kappa shape index (κ2) is 4.92. The predicted octanol–water partition coefficient (Wildman–Crippen LogP) is 0.216. The van der Waals surface area contributed by atoms with E-state index >= 15 is 0 Å². The Kier molecular flexibility index (Phi) is 3.60. The van der Waals surface area contributed by atoms with E-state index in [0.717, 1.165) is 0 Å². The van der Waals surface area contributed by atoms with Crippen molar-refractivity contribution in [1.82, 2.24) is 10.9 Å². The number of hydrogen-bond acceptors (Lipinski definition) is 4. The van der Waals surface area contributed by atoms with Gasteiger partial charge in [0.25, 0.3) is 11.6 Å². The summed E-state index contributed by atoms with van der Waals surface area (Å²) in [6.07, 6.45) is 0. The van der Waals surface area contributed by atoms with Crippen LogP contribution in [0.3, 0.4) is 0 Å². The lowest BCUT2D eigenvalue weighted by molar-refractivity contribution is -0.385. The van der Waals surface area contributed by atoms with Crippen LogP contribution in [-0.4, -0.2) is 16.9 Å². The van der Waals surface area contributed by atoms with Gasteiger partial charge in [0.05, 0.1) is 4.92 Å². The molecule has 0 atom stereocenters. The van der Waals surface area contributed by atoms with Crippen molar-refractivity contribution in [1.29, 1.82) is 0 Å². The van der Waals surface area contributed by atoms with Gasteiger partial charge in [-0.3, -0.25) is 20.3 Å². The number of nitro benzene ring substituents is 1. The molecule has 3 amide bonds. The van der Waals surface area contributed by atoms with Gasteiger partial charge in [0.1, 0.15) is 5.56 Å². The lowest BCUT2D eigenvalue weighted by Gasteiger charge is -2.07. The first-order chi connectivity index (χ1) is 7.93. The normalized spacial score (nSPS) is 9.47. The van der Waals surface area contributed by atoms with Crippen LogP contribution in [0.2, 0.25) is 0 Å². The fourth-order valence-electron chi connectivity index (χ4n) is 1.28. The molecule has 0 spiro atoms. The van der Waals surface area contributed by atoms with Gasteiger partial charge in [-0.25, -0.2) is 10.2 Å². The Morgan fingerprint density at radius 2 is 2.00 bits per heavy atom. The summed E-state index contributed by atoms with van der Waals surface area (Å²) in [5, 5.41) is 10.7. The SMILES string of the molecule is Cc1cccc([N+](=O)[O-])c1C(=O)NNC(N)=O. The monoisotopic (exact) mass is 238 g/mol. The van der Waals surface area contributed by atoms with Gasteiger partial charge >= 0.3 is 6.03 Å².